The highest BCUT2D eigenvalue weighted by Gasteiger charge is 2.24. The number of hydrogen-bond acceptors (Lipinski definition) is 3. The first kappa shape index (κ1) is 14.2. The Morgan fingerprint density at radius 1 is 1.37 bits per heavy atom. The van der Waals surface area contributed by atoms with Crippen molar-refractivity contribution >= 4 is 26.0 Å². The van der Waals surface area contributed by atoms with Gasteiger partial charge in [0.25, 0.3) is 0 Å². The Labute approximate surface area is 121 Å². The number of imidazole rings is 1. The van der Waals surface area contributed by atoms with Gasteiger partial charge in [-0.05, 0) is 28.1 Å². The molecule has 0 bridgehead atoms. The van der Waals surface area contributed by atoms with Crippen LogP contribution < -0.4 is 0 Å². The average Bonchev–Trinajstić information content (AvgIpc) is 2.75. The van der Waals surface area contributed by atoms with E-state index in [2.05, 4.69) is 20.9 Å². The minimum absolute atomic E-state index is 0.229. The van der Waals surface area contributed by atoms with Crippen molar-refractivity contribution in [3.05, 3.63) is 47.0 Å². The molecule has 0 atom stereocenters. The molecule has 7 heteroatoms. The van der Waals surface area contributed by atoms with Crippen LogP contribution in [-0.4, -0.2) is 29.3 Å². The van der Waals surface area contributed by atoms with Crippen LogP contribution in [-0.2, 0) is 23.6 Å². The first-order valence-corrected chi connectivity index (χ1v) is 7.83. The molecule has 102 valence electrons. The zero-order chi connectivity index (χ0) is 14.0. The number of aromatic nitrogens is 2. The summed E-state index contributed by atoms with van der Waals surface area (Å²) in [5.41, 5.74) is 0. The molecule has 5 nitrogen and oxygen atoms in total. The highest BCUT2D eigenvalue weighted by molar-refractivity contribution is 9.10. The van der Waals surface area contributed by atoms with E-state index in [1.165, 1.54) is 4.31 Å². The number of aryl methyl sites for hydroxylation is 1. The Balaban J connectivity index is 2.30. The van der Waals surface area contributed by atoms with E-state index in [4.69, 9.17) is 0 Å². The van der Waals surface area contributed by atoms with Gasteiger partial charge in [0.05, 0.1) is 11.4 Å². The number of sulfonamides is 1. The molecule has 1 heterocycles. The van der Waals surface area contributed by atoms with Crippen molar-refractivity contribution in [2.24, 2.45) is 7.05 Å². The monoisotopic (exact) mass is 343 g/mol. The van der Waals surface area contributed by atoms with Gasteiger partial charge in [-0.15, -0.1) is 0 Å². The van der Waals surface area contributed by atoms with Gasteiger partial charge in [-0.3, -0.25) is 0 Å². The summed E-state index contributed by atoms with van der Waals surface area (Å²) in [6.45, 7) is 0.229. The Bertz CT molecular complexity index is 682. The minimum atomic E-state index is -3.53. The van der Waals surface area contributed by atoms with E-state index >= 15 is 0 Å². The zero-order valence-electron chi connectivity index (χ0n) is 10.6. The predicted octanol–water partition coefficient (Wildman–Crippen LogP) is 2.00. The fourth-order valence-electron chi connectivity index (χ4n) is 1.65. The Kier molecular flexibility index (Phi) is 4.07. The summed E-state index contributed by atoms with van der Waals surface area (Å²) in [6.07, 6.45) is 3.43. The second-order valence-corrected chi connectivity index (χ2v) is 7.01. The molecule has 1 aromatic heterocycles. The maximum atomic E-state index is 12.4. The Morgan fingerprint density at radius 2 is 2.05 bits per heavy atom. The van der Waals surface area contributed by atoms with Crippen molar-refractivity contribution < 1.29 is 8.42 Å². The summed E-state index contributed by atoms with van der Waals surface area (Å²) >= 11 is 3.27. The Morgan fingerprint density at radius 3 is 2.63 bits per heavy atom. The molecule has 0 N–H and O–H groups in total. The molecule has 0 unspecified atom stereocenters. The third kappa shape index (κ3) is 2.88. The van der Waals surface area contributed by atoms with Gasteiger partial charge in [-0.1, -0.05) is 12.1 Å². The summed E-state index contributed by atoms with van der Waals surface area (Å²) in [7, 11) is -0.150. The third-order valence-electron chi connectivity index (χ3n) is 2.81. The van der Waals surface area contributed by atoms with Gasteiger partial charge >= 0.3 is 0 Å². The van der Waals surface area contributed by atoms with Crippen LogP contribution in [0, 0.1) is 0 Å². The quantitative estimate of drug-likeness (QED) is 0.853. The molecule has 0 fully saturated rings. The summed E-state index contributed by atoms with van der Waals surface area (Å²) < 4.78 is 28.5. The third-order valence-corrected chi connectivity index (χ3v) is 5.63. The van der Waals surface area contributed by atoms with E-state index in [1.54, 1.807) is 48.3 Å². The van der Waals surface area contributed by atoms with E-state index in [1.807, 2.05) is 7.05 Å². The van der Waals surface area contributed by atoms with Gasteiger partial charge in [0.1, 0.15) is 5.82 Å². The fraction of sp³-hybridized carbons (Fsp3) is 0.250. The van der Waals surface area contributed by atoms with Gasteiger partial charge in [-0.2, -0.15) is 4.31 Å². The van der Waals surface area contributed by atoms with Crippen LogP contribution in [0.15, 0.2) is 46.0 Å². The molecule has 19 heavy (non-hydrogen) atoms. The molecule has 2 aromatic rings. The van der Waals surface area contributed by atoms with Crippen molar-refractivity contribution in [1.29, 1.82) is 0 Å². The molecule has 0 amide bonds. The molecular formula is C12H14BrN3O2S. The molecule has 1 aromatic carbocycles. The molecule has 0 radical (unpaired) electrons. The van der Waals surface area contributed by atoms with Crippen LogP contribution in [0.5, 0.6) is 0 Å². The van der Waals surface area contributed by atoms with Crippen LogP contribution in [0.1, 0.15) is 5.82 Å². The lowest BCUT2D eigenvalue weighted by Crippen LogP contribution is -2.28. The average molecular weight is 344 g/mol. The molecule has 0 saturated carbocycles. The molecule has 0 aliphatic heterocycles. The van der Waals surface area contributed by atoms with Gasteiger partial charge in [-0.25, -0.2) is 13.4 Å². The number of hydrogen-bond donors (Lipinski definition) is 0. The van der Waals surface area contributed by atoms with E-state index in [0.717, 1.165) is 0 Å². The highest BCUT2D eigenvalue weighted by Crippen LogP contribution is 2.24. The Hall–Kier alpha value is -1.18. The molecule has 0 aliphatic carbocycles. The fourth-order valence-corrected chi connectivity index (χ4v) is 3.74. The topological polar surface area (TPSA) is 55.2 Å². The van der Waals surface area contributed by atoms with Crippen molar-refractivity contribution in [2.75, 3.05) is 7.05 Å². The first-order valence-electron chi connectivity index (χ1n) is 5.60. The van der Waals surface area contributed by atoms with Crippen LogP contribution in [0.25, 0.3) is 0 Å². The number of rotatable bonds is 4. The largest absolute Gasteiger partial charge is 0.337 e. The smallest absolute Gasteiger partial charge is 0.244 e. The van der Waals surface area contributed by atoms with Crippen LogP contribution in [0.2, 0.25) is 0 Å². The number of benzene rings is 1. The van der Waals surface area contributed by atoms with Gasteiger partial charge in [0, 0.05) is 31.0 Å². The van der Waals surface area contributed by atoms with Crippen molar-refractivity contribution in [1.82, 2.24) is 13.9 Å². The molecular weight excluding hydrogens is 330 g/mol. The van der Waals surface area contributed by atoms with Crippen LogP contribution in [0.3, 0.4) is 0 Å². The van der Waals surface area contributed by atoms with Crippen molar-refractivity contribution in [3.63, 3.8) is 0 Å². The second kappa shape index (κ2) is 5.44. The zero-order valence-corrected chi connectivity index (χ0v) is 13.0. The maximum absolute atomic E-state index is 12.4. The standard InChI is InChI=1S/C12H14BrN3O2S/c1-15-8-7-14-12(15)9-16(2)19(17,18)11-6-4-3-5-10(11)13/h3-8H,9H2,1-2H3. The molecule has 0 aliphatic rings. The molecule has 0 saturated heterocycles. The van der Waals surface area contributed by atoms with Crippen LogP contribution >= 0.6 is 15.9 Å². The van der Waals surface area contributed by atoms with Gasteiger partial charge in [0.2, 0.25) is 10.0 Å². The van der Waals surface area contributed by atoms with Crippen LogP contribution in [0.4, 0.5) is 0 Å². The van der Waals surface area contributed by atoms with Crippen molar-refractivity contribution in [3.8, 4) is 0 Å². The molecule has 2 rings (SSSR count). The lowest BCUT2D eigenvalue weighted by molar-refractivity contribution is 0.451. The lowest BCUT2D eigenvalue weighted by Gasteiger charge is -2.17. The summed E-state index contributed by atoms with van der Waals surface area (Å²) in [5, 5.41) is 0. The van der Waals surface area contributed by atoms with Crippen molar-refractivity contribution in [2.45, 2.75) is 11.4 Å². The lowest BCUT2D eigenvalue weighted by atomic mass is 10.4. The van der Waals surface area contributed by atoms with E-state index < -0.39 is 10.0 Å². The van der Waals surface area contributed by atoms with E-state index in [9.17, 15) is 8.42 Å². The van der Waals surface area contributed by atoms with E-state index in [-0.39, 0.29) is 11.4 Å². The first-order chi connectivity index (χ1) is 8.93. The predicted molar refractivity (Wildman–Crippen MR) is 76.0 cm³/mol. The summed E-state index contributed by atoms with van der Waals surface area (Å²) in [6, 6.07) is 6.77. The maximum Gasteiger partial charge on any atom is 0.244 e. The molecule has 0 spiro atoms. The minimum Gasteiger partial charge on any atom is -0.337 e. The number of halogens is 1. The number of nitrogens with zero attached hydrogens (tertiary/aromatic N) is 3. The highest BCUT2D eigenvalue weighted by atomic mass is 79.9. The van der Waals surface area contributed by atoms with E-state index in [0.29, 0.717) is 10.3 Å². The summed E-state index contributed by atoms with van der Waals surface area (Å²) in [4.78, 5) is 4.39. The summed E-state index contributed by atoms with van der Waals surface area (Å²) in [5.74, 6) is 0.693. The normalized spacial score (nSPS) is 12.0. The second-order valence-electron chi connectivity index (χ2n) is 4.15. The van der Waals surface area contributed by atoms with Gasteiger partial charge in [0.15, 0.2) is 0 Å². The van der Waals surface area contributed by atoms with Gasteiger partial charge < -0.3 is 4.57 Å². The SMILES string of the molecule is CN(Cc1nccn1C)S(=O)(=O)c1ccccc1Br.